The molecule has 0 amide bonds. The fourth-order valence-corrected chi connectivity index (χ4v) is 3.26. The molecule has 0 aromatic carbocycles. The first-order valence-electron chi connectivity index (χ1n) is 5.55. The molecular formula is C11H12N4O2S3. The third-order valence-corrected chi connectivity index (χ3v) is 4.94. The summed E-state index contributed by atoms with van der Waals surface area (Å²) in [5.74, 6) is 0. The summed E-state index contributed by atoms with van der Waals surface area (Å²) in [6, 6.07) is 2.89. The minimum absolute atomic E-state index is 0.0609. The van der Waals surface area contributed by atoms with Gasteiger partial charge in [0, 0.05) is 17.3 Å². The van der Waals surface area contributed by atoms with E-state index in [0.717, 1.165) is 5.69 Å². The lowest BCUT2D eigenvalue weighted by molar-refractivity contribution is 0.580. The zero-order valence-electron chi connectivity index (χ0n) is 10.5. The third-order valence-electron chi connectivity index (χ3n) is 2.38. The Morgan fingerprint density at radius 3 is 2.75 bits per heavy atom. The molecule has 0 fully saturated rings. The normalized spacial score (nSPS) is 11.4. The highest BCUT2D eigenvalue weighted by molar-refractivity contribution is 7.89. The number of pyridine rings is 1. The first kappa shape index (κ1) is 15.0. The molecule has 0 saturated carbocycles. The molecule has 0 radical (unpaired) electrons. The summed E-state index contributed by atoms with van der Waals surface area (Å²) >= 11 is 6.16. The standard InChI is InChI=1S/C11H12N4O2S3/c1-7-6-19-10(15-7)5-14-20(16,17)8-2-3-9(11(12)18)13-4-8/h2-4,6,14H,5H2,1H3,(H2,12,18). The van der Waals surface area contributed by atoms with E-state index in [-0.39, 0.29) is 16.4 Å². The van der Waals surface area contributed by atoms with Gasteiger partial charge >= 0.3 is 0 Å². The summed E-state index contributed by atoms with van der Waals surface area (Å²) in [7, 11) is -3.62. The Morgan fingerprint density at radius 1 is 1.50 bits per heavy atom. The molecule has 106 valence electrons. The summed E-state index contributed by atoms with van der Waals surface area (Å²) < 4.78 is 26.6. The van der Waals surface area contributed by atoms with Crippen LogP contribution in [0.1, 0.15) is 16.4 Å². The van der Waals surface area contributed by atoms with Crippen molar-refractivity contribution in [3.8, 4) is 0 Å². The minimum Gasteiger partial charge on any atom is -0.388 e. The van der Waals surface area contributed by atoms with Crippen LogP contribution in [0.25, 0.3) is 0 Å². The summed E-state index contributed by atoms with van der Waals surface area (Å²) in [5.41, 5.74) is 6.66. The van der Waals surface area contributed by atoms with Crippen molar-refractivity contribution in [2.45, 2.75) is 18.4 Å². The first-order valence-corrected chi connectivity index (χ1v) is 8.32. The maximum Gasteiger partial charge on any atom is 0.242 e. The number of rotatable bonds is 5. The lowest BCUT2D eigenvalue weighted by atomic mass is 10.3. The number of hydrogen-bond donors (Lipinski definition) is 2. The van der Waals surface area contributed by atoms with Gasteiger partial charge in [0.2, 0.25) is 10.0 Å². The highest BCUT2D eigenvalue weighted by Gasteiger charge is 2.15. The Bertz CT molecular complexity index is 722. The molecule has 20 heavy (non-hydrogen) atoms. The smallest absolute Gasteiger partial charge is 0.242 e. The Morgan fingerprint density at radius 2 is 2.25 bits per heavy atom. The highest BCUT2D eigenvalue weighted by atomic mass is 32.2. The van der Waals surface area contributed by atoms with Gasteiger partial charge in [0.1, 0.15) is 14.9 Å². The van der Waals surface area contributed by atoms with Crippen LogP contribution in [0.5, 0.6) is 0 Å². The van der Waals surface area contributed by atoms with E-state index in [4.69, 9.17) is 18.0 Å². The van der Waals surface area contributed by atoms with Crippen LogP contribution < -0.4 is 10.5 Å². The van der Waals surface area contributed by atoms with Crippen molar-refractivity contribution in [2.24, 2.45) is 5.73 Å². The monoisotopic (exact) mass is 328 g/mol. The molecule has 3 N–H and O–H groups in total. The molecule has 6 nitrogen and oxygen atoms in total. The number of nitrogens with zero attached hydrogens (tertiary/aromatic N) is 2. The van der Waals surface area contributed by atoms with Crippen molar-refractivity contribution in [3.63, 3.8) is 0 Å². The SMILES string of the molecule is Cc1csc(CNS(=O)(=O)c2ccc(C(N)=S)nc2)n1. The fourth-order valence-electron chi connectivity index (χ4n) is 1.41. The molecule has 0 aliphatic rings. The minimum atomic E-state index is -3.62. The van der Waals surface area contributed by atoms with E-state index in [0.29, 0.717) is 10.7 Å². The topological polar surface area (TPSA) is 98.0 Å². The van der Waals surface area contributed by atoms with Crippen LogP contribution in [0, 0.1) is 6.92 Å². The zero-order chi connectivity index (χ0) is 14.8. The van der Waals surface area contributed by atoms with Gasteiger partial charge in [0.05, 0.1) is 12.2 Å². The second-order valence-electron chi connectivity index (χ2n) is 3.95. The first-order chi connectivity index (χ1) is 9.38. The molecule has 0 saturated heterocycles. The Balaban J connectivity index is 2.11. The van der Waals surface area contributed by atoms with Crippen LogP contribution in [0.3, 0.4) is 0 Å². The van der Waals surface area contributed by atoms with Crippen LogP contribution in [0.4, 0.5) is 0 Å². The summed E-state index contributed by atoms with van der Waals surface area (Å²) in [4.78, 5) is 8.28. The van der Waals surface area contributed by atoms with Crippen molar-refractivity contribution in [2.75, 3.05) is 0 Å². The van der Waals surface area contributed by atoms with Gasteiger partial charge < -0.3 is 5.73 Å². The van der Waals surface area contributed by atoms with E-state index in [2.05, 4.69) is 14.7 Å². The number of aryl methyl sites for hydroxylation is 1. The second kappa shape index (κ2) is 5.92. The maximum atomic E-state index is 12.1. The second-order valence-corrected chi connectivity index (χ2v) is 7.10. The summed E-state index contributed by atoms with van der Waals surface area (Å²) in [5, 5.41) is 2.57. The molecule has 0 spiro atoms. The van der Waals surface area contributed by atoms with Gasteiger partial charge in [-0.25, -0.2) is 18.1 Å². The lowest BCUT2D eigenvalue weighted by Gasteiger charge is -2.05. The molecule has 0 atom stereocenters. The van der Waals surface area contributed by atoms with Crippen LogP contribution in [0.2, 0.25) is 0 Å². The zero-order valence-corrected chi connectivity index (χ0v) is 13.0. The predicted octanol–water partition coefficient (Wildman–Crippen LogP) is 0.959. The van der Waals surface area contributed by atoms with Crippen molar-refractivity contribution >= 4 is 38.6 Å². The van der Waals surface area contributed by atoms with Crippen molar-refractivity contribution in [3.05, 3.63) is 40.1 Å². The van der Waals surface area contributed by atoms with Crippen LogP contribution in [0.15, 0.2) is 28.6 Å². The molecular weight excluding hydrogens is 316 g/mol. The Hall–Kier alpha value is -1.42. The maximum absolute atomic E-state index is 12.1. The van der Waals surface area contributed by atoms with E-state index in [1.54, 1.807) is 0 Å². The van der Waals surface area contributed by atoms with Gasteiger partial charge in [-0.15, -0.1) is 11.3 Å². The number of nitrogens with one attached hydrogen (secondary N) is 1. The Labute approximate surface area is 126 Å². The number of sulfonamides is 1. The number of hydrogen-bond acceptors (Lipinski definition) is 6. The number of thiocarbonyl (C=S) groups is 1. The van der Waals surface area contributed by atoms with Crippen LogP contribution in [-0.4, -0.2) is 23.4 Å². The van der Waals surface area contributed by atoms with Crippen LogP contribution in [-0.2, 0) is 16.6 Å². The van der Waals surface area contributed by atoms with Crippen LogP contribution >= 0.6 is 23.6 Å². The molecule has 2 aromatic rings. The fraction of sp³-hybridized carbons (Fsp3) is 0.182. The quantitative estimate of drug-likeness (QED) is 0.793. The molecule has 2 rings (SSSR count). The van der Waals surface area contributed by atoms with Gasteiger partial charge in [-0.1, -0.05) is 12.2 Å². The van der Waals surface area contributed by atoms with Crippen molar-refractivity contribution in [1.29, 1.82) is 0 Å². The highest BCUT2D eigenvalue weighted by Crippen LogP contribution is 2.11. The van der Waals surface area contributed by atoms with E-state index >= 15 is 0 Å². The molecule has 9 heteroatoms. The largest absolute Gasteiger partial charge is 0.388 e. The van der Waals surface area contributed by atoms with E-state index in [9.17, 15) is 8.42 Å². The summed E-state index contributed by atoms with van der Waals surface area (Å²) in [6.45, 7) is 2.00. The van der Waals surface area contributed by atoms with Gasteiger partial charge in [0.15, 0.2) is 0 Å². The summed E-state index contributed by atoms with van der Waals surface area (Å²) in [6.07, 6.45) is 1.23. The van der Waals surface area contributed by atoms with Crippen molar-refractivity contribution in [1.82, 2.24) is 14.7 Å². The molecule has 2 heterocycles. The average Bonchev–Trinajstić information content (AvgIpc) is 2.82. The Kier molecular flexibility index (Phi) is 4.43. The number of aromatic nitrogens is 2. The van der Waals surface area contributed by atoms with E-state index < -0.39 is 10.0 Å². The van der Waals surface area contributed by atoms with Crippen molar-refractivity contribution < 1.29 is 8.42 Å². The van der Waals surface area contributed by atoms with Gasteiger partial charge in [-0.3, -0.25) is 4.98 Å². The van der Waals surface area contributed by atoms with E-state index in [1.165, 1.54) is 29.7 Å². The van der Waals surface area contributed by atoms with E-state index in [1.807, 2.05) is 12.3 Å². The number of thiazole rings is 1. The number of nitrogens with two attached hydrogens (primary N) is 1. The van der Waals surface area contributed by atoms with Gasteiger partial charge in [0.25, 0.3) is 0 Å². The lowest BCUT2D eigenvalue weighted by Crippen LogP contribution is -2.23. The molecule has 0 aliphatic carbocycles. The molecule has 0 aliphatic heterocycles. The third kappa shape index (κ3) is 3.57. The molecule has 0 unspecified atom stereocenters. The molecule has 0 bridgehead atoms. The van der Waals surface area contributed by atoms with Gasteiger partial charge in [-0.2, -0.15) is 0 Å². The molecule has 2 aromatic heterocycles. The predicted molar refractivity (Wildman–Crippen MR) is 81.0 cm³/mol. The van der Waals surface area contributed by atoms with Gasteiger partial charge in [-0.05, 0) is 19.1 Å². The average molecular weight is 328 g/mol.